The zero-order chi connectivity index (χ0) is 29.5. The summed E-state index contributed by atoms with van der Waals surface area (Å²) in [5.41, 5.74) is 11.8. The second kappa shape index (κ2) is 9.18. The van der Waals surface area contributed by atoms with Gasteiger partial charge in [0.2, 0.25) is 5.95 Å². The van der Waals surface area contributed by atoms with Gasteiger partial charge in [0, 0.05) is 33.0 Å². The Balaban J connectivity index is 1.20. The molecule has 7 aromatic carbocycles. The number of fused-ring (bicyclic) bond motifs is 12. The van der Waals surface area contributed by atoms with E-state index in [0.29, 0.717) is 0 Å². The molecule has 4 heteroatoms. The largest absolute Gasteiger partial charge is 0.456 e. The van der Waals surface area contributed by atoms with Crippen molar-refractivity contribution in [1.82, 2.24) is 9.55 Å². The molecule has 0 unspecified atom stereocenters. The summed E-state index contributed by atoms with van der Waals surface area (Å²) in [6.45, 7) is 0. The van der Waals surface area contributed by atoms with Crippen molar-refractivity contribution in [3.63, 3.8) is 0 Å². The normalized spacial score (nSPS) is 12.4. The zero-order valence-electron chi connectivity index (χ0n) is 24.2. The summed E-state index contributed by atoms with van der Waals surface area (Å²) in [6, 6.07) is 53.7. The van der Waals surface area contributed by atoms with Crippen LogP contribution in [0.5, 0.6) is 0 Å². The van der Waals surface area contributed by atoms with E-state index in [4.69, 9.17) is 9.40 Å². The first-order valence-corrected chi connectivity index (χ1v) is 15.2. The second-order valence-electron chi connectivity index (χ2n) is 11.6. The maximum Gasteiger partial charge on any atom is 0.220 e. The lowest BCUT2D eigenvalue weighted by Crippen LogP contribution is -2.14. The Bertz CT molecular complexity index is 2610. The molecule has 0 saturated carbocycles. The molecule has 1 aliphatic heterocycles. The molecule has 1 aliphatic rings. The lowest BCUT2D eigenvalue weighted by molar-refractivity contribution is 0.669. The van der Waals surface area contributed by atoms with Crippen LogP contribution in [0.1, 0.15) is 0 Å². The van der Waals surface area contributed by atoms with Crippen LogP contribution in [0.25, 0.3) is 71.7 Å². The smallest absolute Gasteiger partial charge is 0.220 e. The van der Waals surface area contributed by atoms with Gasteiger partial charge in [0.25, 0.3) is 0 Å². The van der Waals surface area contributed by atoms with Crippen LogP contribution in [-0.4, -0.2) is 9.55 Å². The Hall–Kier alpha value is -6.13. The van der Waals surface area contributed by atoms with Gasteiger partial charge in [-0.05, 0) is 65.0 Å². The molecule has 3 heterocycles. The van der Waals surface area contributed by atoms with Crippen LogP contribution in [0, 0.1) is 0 Å². The van der Waals surface area contributed by atoms with E-state index < -0.39 is 0 Å². The van der Waals surface area contributed by atoms with Crippen LogP contribution in [0.4, 0.5) is 17.3 Å². The van der Waals surface area contributed by atoms with Gasteiger partial charge in [0.15, 0.2) is 0 Å². The molecule has 0 amide bonds. The van der Waals surface area contributed by atoms with Crippen molar-refractivity contribution in [3.8, 4) is 27.9 Å². The van der Waals surface area contributed by atoms with Crippen molar-refractivity contribution in [1.29, 1.82) is 0 Å². The number of furan rings is 1. The lowest BCUT2D eigenvalue weighted by atomic mass is 10.0. The number of imidazole rings is 1. The number of hydrogen-bond acceptors (Lipinski definition) is 3. The molecule has 4 nitrogen and oxygen atoms in total. The third-order valence-corrected chi connectivity index (χ3v) is 9.14. The summed E-state index contributed by atoms with van der Waals surface area (Å²) in [5, 5.41) is 4.66. The number of hydrogen-bond donors (Lipinski definition) is 0. The molecule has 10 rings (SSSR count). The second-order valence-corrected chi connectivity index (χ2v) is 11.6. The fourth-order valence-corrected chi connectivity index (χ4v) is 7.07. The van der Waals surface area contributed by atoms with E-state index in [1.54, 1.807) is 0 Å². The molecule has 0 radical (unpaired) electrons. The molecule has 45 heavy (non-hydrogen) atoms. The van der Waals surface area contributed by atoms with E-state index in [0.717, 1.165) is 67.1 Å². The first-order valence-electron chi connectivity index (χ1n) is 15.2. The summed E-state index contributed by atoms with van der Waals surface area (Å²) in [6.07, 6.45) is 0. The highest BCUT2D eigenvalue weighted by Crippen LogP contribution is 2.48. The highest BCUT2D eigenvalue weighted by Gasteiger charge is 2.29. The predicted molar refractivity (Wildman–Crippen MR) is 185 cm³/mol. The van der Waals surface area contributed by atoms with Gasteiger partial charge in [-0.2, -0.15) is 0 Å². The number of nitrogens with zero attached hydrogens (tertiary/aromatic N) is 3. The molecule has 0 bridgehead atoms. The summed E-state index contributed by atoms with van der Waals surface area (Å²) in [7, 11) is 0. The SMILES string of the molecule is c1ccc2c(c1)-c1ccccc1-n1c(nc3ccc4ccccc4c31)N2c1ccc(-c2ccc3oc4ccccc4c3c2)cc1. The van der Waals surface area contributed by atoms with Gasteiger partial charge in [-0.25, -0.2) is 4.98 Å². The maximum atomic E-state index is 6.08. The first kappa shape index (κ1) is 24.3. The molecular formula is C41H25N3O. The third kappa shape index (κ3) is 3.51. The zero-order valence-corrected chi connectivity index (χ0v) is 24.2. The van der Waals surface area contributed by atoms with Crippen LogP contribution in [0.15, 0.2) is 156 Å². The van der Waals surface area contributed by atoms with E-state index in [1.807, 2.05) is 12.1 Å². The topological polar surface area (TPSA) is 34.2 Å². The van der Waals surface area contributed by atoms with Gasteiger partial charge >= 0.3 is 0 Å². The molecule has 0 aliphatic carbocycles. The fraction of sp³-hybridized carbons (Fsp3) is 0. The Morgan fingerprint density at radius 2 is 1.16 bits per heavy atom. The third-order valence-electron chi connectivity index (χ3n) is 9.14. The van der Waals surface area contributed by atoms with Gasteiger partial charge in [-0.3, -0.25) is 9.47 Å². The molecule has 0 spiro atoms. The first-order chi connectivity index (χ1) is 22.3. The average Bonchev–Trinajstić information content (AvgIpc) is 3.64. The minimum Gasteiger partial charge on any atom is -0.456 e. The van der Waals surface area contributed by atoms with Crippen molar-refractivity contribution in [3.05, 3.63) is 152 Å². The van der Waals surface area contributed by atoms with Gasteiger partial charge in [0.1, 0.15) is 11.2 Å². The van der Waals surface area contributed by atoms with E-state index >= 15 is 0 Å². The molecular weight excluding hydrogens is 550 g/mol. The van der Waals surface area contributed by atoms with Gasteiger partial charge in [-0.1, -0.05) is 103 Å². The predicted octanol–water partition coefficient (Wildman–Crippen LogP) is 11.2. The fourth-order valence-electron chi connectivity index (χ4n) is 7.07. The van der Waals surface area contributed by atoms with Crippen LogP contribution in [0.3, 0.4) is 0 Å². The molecule has 0 N–H and O–H groups in total. The summed E-state index contributed by atoms with van der Waals surface area (Å²) >= 11 is 0. The van der Waals surface area contributed by atoms with Crippen molar-refractivity contribution in [2.45, 2.75) is 0 Å². The maximum absolute atomic E-state index is 6.08. The number of benzene rings is 7. The molecule has 0 atom stereocenters. The van der Waals surface area contributed by atoms with Crippen LogP contribution >= 0.6 is 0 Å². The van der Waals surface area contributed by atoms with Crippen molar-refractivity contribution < 1.29 is 4.42 Å². The van der Waals surface area contributed by atoms with Gasteiger partial charge in [0.05, 0.1) is 22.4 Å². The van der Waals surface area contributed by atoms with Gasteiger partial charge < -0.3 is 4.42 Å². The quantitative estimate of drug-likeness (QED) is 0.206. The highest BCUT2D eigenvalue weighted by atomic mass is 16.3. The summed E-state index contributed by atoms with van der Waals surface area (Å²) in [4.78, 5) is 7.64. The summed E-state index contributed by atoms with van der Waals surface area (Å²) in [5.74, 6) is 0.873. The number of para-hydroxylation sites is 3. The van der Waals surface area contributed by atoms with Crippen LogP contribution < -0.4 is 4.90 Å². The van der Waals surface area contributed by atoms with E-state index in [2.05, 4.69) is 149 Å². The molecule has 0 saturated heterocycles. The monoisotopic (exact) mass is 575 g/mol. The van der Waals surface area contributed by atoms with Crippen molar-refractivity contribution in [2.75, 3.05) is 4.90 Å². The standard InChI is InChI=1S/C41H25N3O/c1-2-10-30-27(9-1)19-23-35-40(30)44-37-15-7-4-12-32(37)31-11-3-6-14-36(31)43(41(44)42-35)29-21-17-26(18-22-29)28-20-24-39-34(25-28)33-13-5-8-16-38(33)45-39/h1-25H. The Kier molecular flexibility index (Phi) is 4.96. The van der Waals surface area contributed by atoms with E-state index in [1.165, 1.54) is 21.9 Å². The minimum atomic E-state index is 0.873. The number of aromatic nitrogens is 2. The highest BCUT2D eigenvalue weighted by molar-refractivity contribution is 6.09. The average molecular weight is 576 g/mol. The summed E-state index contributed by atoms with van der Waals surface area (Å²) < 4.78 is 8.43. The van der Waals surface area contributed by atoms with Crippen molar-refractivity contribution in [2.24, 2.45) is 0 Å². The van der Waals surface area contributed by atoms with Crippen LogP contribution in [-0.2, 0) is 0 Å². The molecule has 9 aromatic rings. The number of anilines is 3. The van der Waals surface area contributed by atoms with E-state index in [9.17, 15) is 0 Å². The molecule has 2 aromatic heterocycles. The Morgan fingerprint density at radius 1 is 0.489 bits per heavy atom. The number of rotatable bonds is 2. The molecule has 0 fully saturated rings. The van der Waals surface area contributed by atoms with Crippen molar-refractivity contribution >= 4 is 61.1 Å². The Labute approximate surface area is 259 Å². The van der Waals surface area contributed by atoms with E-state index in [-0.39, 0.29) is 0 Å². The van der Waals surface area contributed by atoms with Gasteiger partial charge in [-0.15, -0.1) is 0 Å². The Morgan fingerprint density at radius 3 is 2.02 bits per heavy atom. The molecule has 210 valence electrons. The lowest BCUT2D eigenvalue weighted by Gasteiger charge is -2.24. The van der Waals surface area contributed by atoms with Crippen LogP contribution in [0.2, 0.25) is 0 Å². The minimum absolute atomic E-state index is 0.873.